The van der Waals surface area contributed by atoms with Crippen LogP contribution in [-0.2, 0) is 39.7 Å². The van der Waals surface area contributed by atoms with Crippen molar-refractivity contribution < 1.29 is 35.8 Å². The van der Waals surface area contributed by atoms with E-state index in [1.807, 2.05) is 12.1 Å². The summed E-state index contributed by atoms with van der Waals surface area (Å²) in [6, 6.07) is 8.25. The lowest BCUT2D eigenvalue weighted by atomic mass is 9.58. The summed E-state index contributed by atoms with van der Waals surface area (Å²) in [6.07, 6.45) is 7.61. The maximum Gasteiger partial charge on any atom is 0.359 e. The van der Waals surface area contributed by atoms with E-state index in [0.717, 1.165) is 30.6 Å². The molecule has 10 heteroatoms. The van der Waals surface area contributed by atoms with Crippen LogP contribution in [0.5, 0.6) is 0 Å². The van der Waals surface area contributed by atoms with Gasteiger partial charge in [-0.05, 0) is 72.5 Å². The van der Waals surface area contributed by atoms with E-state index < -0.39 is 31.5 Å². The molecule has 1 N–H and O–H groups in total. The smallest absolute Gasteiger partial charge is 0.359 e. The minimum absolute atomic E-state index is 0.00442. The molecule has 1 aliphatic heterocycles. The summed E-state index contributed by atoms with van der Waals surface area (Å²) in [5.41, 5.74) is -2.18. The molecule has 0 radical (unpaired) electrons. The van der Waals surface area contributed by atoms with Crippen molar-refractivity contribution in [1.29, 1.82) is 0 Å². The molecule has 1 heterocycles. The van der Waals surface area contributed by atoms with E-state index in [4.69, 9.17) is 14.0 Å². The Labute approximate surface area is 227 Å². The molecule has 0 aromatic heterocycles. The molecule has 4 atom stereocenters. The van der Waals surface area contributed by atoms with Gasteiger partial charge in [0.2, 0.25) is 0 Å². The fraction of sp³-hybridized carbons (Fsp3) is 0.750. The SMILES string of the molecule is CC(C)(C)c1ccc([SH]2(=O)CCOCC2C2(CCCOC(=O)C(F)S(=O)(=O)O)CC3CCCC(C3)C2)cc1. The van der Waals surface area contributed by atoms with Crippen molar-refractivity contribution in [2.75, 3.05) is 25.6 Å². The number of carbonyl (C=O) groups is 1. The predicted octanol–water partition coefficient (Wildman–Crippen LogP) is 4.85. The van der Waals surface area contributed by atoms with Gasteiger partial charge in [0.05, 0.1) is 19.8 Å². The molecule has 1 aromatic rings. The fourth-order valence-corrected chi connectivity index (χ4v) is 11.1. The number of esters is 1. The molecule has 38 heavy (non-hydrogen) atoms. The van der Waals surface area contributed by atoms with E-state index in [9.17, 15) is 21.8 Å². The zero-order valence-corrected chi connectivity index (χ0v) is 24.4. The molecule has 2 bridgehead atoms. The predicted molar refractivity (Wildman–Crippen MR) is 146 cm³/mol. The number of thiol groups is 1. The number of hydrogen-bond donors (Lipinski definition) is 2. The Kier molecular flexibility index (Phi) is 8.77. The van der Waals surface area contributed by atoms with Gasteiger partial charge < -0.3 is 9.47 Å². The number of fused-ring (bicyclic) bond motifs is 2. The number of ether oxygens (including phenoxy) is 2. The van der Waals surface area contributed by atoms with Gasteiger partial charge >= 0.3 is 21.6 Å². The van der Waals surface area contributed by atoms with Gasteiger partial charge in [-0.15, -0.1) is 0 Å². The van der Waals surface area contributed by atoms with Crippen LogP contribution in [-0.4, -0.2) is 59.5 Å². The van der Waals surface area contributed by atoms with Crippen LogP contribution in [0.2, 0.25) is 0 Å². The number of rotatable bonds is 8. The first-order chi connectivity index (χ1) is 17.7. The van der Waals surface area contributed by atoms with Gasteiger partial charge in [0.1, 0.15) is 0 Å². The molecule has 0 spiro atoms. The Morgan fingerprint density at radius 1 is 1.21 bits per heavy atom. The average Bonchev–Trinajstić information content (AvgIpc) is 2.85. The molecule has 3 fully saturated rings. The number of hydrogen-bond acceptors (Lipinski definition) is 6. The average molecular weight is 575 g/mol. The van der Waals surface area contributed by atoms with Gasteiger partial charge in [-0.25, -0.2) is 9.18 Å². The first-order valence-electron chi connectivity index (χ1n) is 13.8. The standard InChI is InChI=1S/C28H43FO7S2/c1-27(2,3)22-8-10-23(11-9-22)37(31)15-14-35-19-24(37)28(17-20-6-4-7-21(16-20)18-28)12-5-13-36-26(30)25(29)38(32,33)34/h8-11,20-21,24-25,37H,4-7,12-19H2,1-3H3,(H,32,33,34). The van der Waals surface area contributed by atoms with Crippen LogP contribution >= 0.6 is 0 Å². The highest BCUT2D eigenvalue weighted by Crippen LogP contribution is 2.56. The molecule has 1 saturated heterocycles. The summed E-state index contributed by atoms with van der Waals surface area (Å²) < 4.78 is 70.2. The van der Waals surface area contributed by atoms with Crippen molar-refractivity contribution in [2.45, 2.75) is 93.2 Å². The van der Waals surface area contributed by atoms with Gasteiger partial charge in [0, 0.05) is 15.9 Å². The molecule has 0 amide bonds. The van der Waals surface area contributed by atoms with Crippen molar-refractivity contribution in [3.05, 3.63) is 29.8 Å². The summed E-state index contributed by atoms with van der Waals surface area (Å²) in [4.78, 5) is 12.7. The van der Waals surface area contributed by atoms with Crippen molar-refractivity contribution in [3.8, 4) is 0 Å². The van der Waals surface area contributed by atoms with E-state index in [1.54, 1.807) is 0 Å². The van der Waals surface area contributed by atoms with Gasteiger partial charge in [-0.3, -0.25) is 8.76 Å². The highest BCUT2D eigenvalue weighted by atomic mass is 32.2. The normalized spacial score (nSPS) is 31.2. The first-order valence-corrected chi connectivity index (χ1v) is 17.3. The summed E-state index contributed by atoms with van der Waals surface area (Å²) in [5, 5.41) is -0.157. The summed E-state index contributed by atoms with van der Waals surface area (Å²) in [7, 11) is -7.98. The second-order valence-corrected chi connectivity index (χ2v) is 17.3. The Morgan fingerprint density at radius 2 is 1.84 bits per heavy atom. The number of benzene rings is 1. The van der Waals surface area contributed by atoms with Crippen LogP contribution in [0.4, 0.5) is 4.39 Å². The van der Waals surface area contributed by atoms with E-state index in [1.165, 1.54) is 18.4 Å². The van der Waals surface area contributed by atoms with Crippen LogP contribution in [0.1, 0.15) is 77.7 Å². The fourth-order valence-electron chi connectivity index (χ4n) is 7.25. The van der Waals surface area contributed by atoms with Crippen molar-refractivity contribution in [2.24, 2.45) is 17.3 Å². The monoisotopic (exact) mass is 574 g/mol. The topological polar surface area (TPSA) is 107 Å². The molecule has 4 unspecified atom stereocenters. The van der Waals surface area contributed by atoms with Crippen LogP contribution < -0.4 is 0 Å². The zero-order chi connectivity index (χ0) is 27.8. The van der Waals surface area contributed by atoms with Crippen molar-refractivity contribution in [3.63, 3.8) is 0 Å². The minimum atomic E-state index is -5.15. The summed E-state index contributed by atoms with van der Waals surface area (Å²) in [6.45, 7) is 7.20. The molecular weight excluding hydrogens is 531 g/mol. The highest BCUT2D eigenvalue weighted by Gasteiger charge is 2.52. The molecule has 216 valence electrons. The van der Waals surface area contributed by atoms with E-state index in [0.29, 0.717) is 43.6 Å². The third-order valence-electron chi connectivity index (χ3n) is 9.02. The largest absolute Gasteiger partial charge is 0.463 e. The first kappa shape index (κ1) is 29.6. The lowest BCUT2D eigenvalue weighted by molar-refractivity contribution is -0.146. The maximum absolute atomic E-state index is 15.0. The highest BCUT2D eigenvalue weighted by molar-refractivity contribution is 8.03. The molecule has 3 aliphatic rings. The van der Waals surface area contributed by atoms with Gasteiger partial charge in [0.25, 0.3) is 0 Å². The number of carbonyl (C=O) groups excluding carboxylic acids is 1. The Balaban J connectivity index is 1.59. The second-order valence-electron chi connectivity index (χ2n) is 12.7. The lowest BCUT2D eigenvalue weighted by Gasteiger charge is -2.55. The molecular formula is C28H43FO7S2. The third kappa shape index (κ3) is 6.34. The van der Waals surface area contributed by atoms with Crippen molar-refractivity contribution >= 4 is 26.0 Å². The van der Waals surface area contributed by atoms with Crippen LogP contribution in [0.15, 0.2) is 29.2 Å². The van der Waals surface area contributed by atoms with E-state index in [-0.39, 0.29) is 22.7 Å². The van der Waals surface area contributed by atoms with E-state index >= 15 is 0 Å². The molecule has 2 saturated carbocycles. The molecule has 7 nitrogen and oxygen atoms in total. The Hall–Kier alpha value is -1.36. The van der Waals surface area contributed by atoms with Gasteiger partial charge in [0.15, 0.2) is 0 Å². The quantitative estimate of drug-likeness (QED) is 0.198. The lowest BCUT2D eigenvalue weighted by Crippen LogP contribution is -2.55. The van der Waals surface area contributed by atoms with E-state index in [2.05, 4.69) is 32.9 Å². The Morgan fingerprint density at radius 3 is 2.42 bits per heavy atom. The minimum Gasteiger partial charge on any atom is -0.463 e. The van der Waals surface area contributed by atoms with Crippen LogP contribution in [0.25, 0.3) is 0 Å². The second kappa shape index (κ2) is 11.3. The van der Waals surface area contributed by atoms with Crippen LogP contribution in [0, 0.1) is 17.3 Å². The Bertz CT molecular complexity index is 1130. The molecule has 4 rings (SSSR count). The molecule has 2 aliphatic carbocycles. The molecule has 1 aromatic carbocycles. The van der Waals surface area contributed by atoms with Crippen LogP contribution in [0.3, 0.4) is 0 Å². The zero-order valence-electron chi connectivity index (χ0n) is 22.7. The third-order valence-corrected chi connectivity index (χ3v) is 13.5. The maximum atomic E-state index is 15.0. The van der Waals surface area contributed by atoms with Gasteiger partial charge in [-0.2, -0.15) is 8.42 Å². The van der Waals surface area contributed by atoms with Crippen molar-refractivity contribution in [1.82, 2.24) is 0 Å². The van der Waals surface area contributed by atoms with Gasteiger partial charge in [-0.1, -0.05) is 62.1 Å². The summed E-state index contributed by atoms with van der Waals surface area (Å²) >= 11 is 0. The number of alkyl halides is 1. The summed E-state index contributed by atoms with van der Waals surface area (Å²) in [5.74, 6) is 0.000749. The number of halogens is 1.